The van der Waals surface area contributed by atoms with Crippen LogP contribution in [0.25, 0.3) is 0 Å². The molecule has 2 nitrogen and oxygen atoms in total. The summed E-state index contributed by atoms with van der Waals surface area (Å²) in [5, 5.41) is 7.07. The zero-order valence-corrected chi connectivity index (χ0v) is 7.59. The first-order valence-electron chi connectivity index (χ1n) is 4.89. The molecule has 0 bridgehead atoms. The first-order valence-corrected chi connectivity index (χ1v) is 4.89. The van der Waals surface area contributed by atoms with E-state index in [1.165, 1.54) is 31.4 Å². The molecule has 12 heavy (non-hydrogen) atoms. The van der Waals surface area contributed by atoms with Gasteiger partial charge in [0.1, 0.15) is 0 Å². The Morgan fingerprint density at radius 3 is 3.08 bits per heavy atom. The van der Waals surface area contributed by atoms with Crippen molar-refractivity contribution in [1.29, 1.82) is 0 Å². The lowest BCUT2D eigenvalue weighted by Crippen LogP contribution is -1.95. The maximum absolute atomic E-state index is 3.99. The van der Waals surface area contributed by atoms with Crippen LogP contribution in [-0.4, -0.2) is 10.2 Å². The highest BCUT2D eigenvalue weighted by molar-refractivity contribution is 5.07. The molecule has 1 aromatic heterocycles. The van der Waals surface area contributed by atoms with Gasteiger partial charge in [-0.25, -0.2) is 0 Å². The predicted octanol–water partition coefficient (Wildman–Crippen LogP) is 2.70. The topological polar surface area (TPSA) is 28.7 Å². The molecule has 1 aliphatic rings. The summed E-state index contributed by atoms with van der Waals surface area (Å²) in [5.74, 6) is 1.72. The number of aromatic nitrogens is 2. The van der Waals surface area contributed by atoms with Gasteiger partial charge in [-0.15, -0.1) is 0 Å². The monoisotopic (exact) mass is 164 g/mol. The van der Waals surface area contributed by atoms with Crippen molar-refractivity contribution in [3.8, 4) is 0 Å². The Balaban J connectivity index is 2.00. The van der Waals surface area contributed by atoms with Gasteiger partial charge in [-0.3, -0.25) is 5.10 Å². The molecule has 0 radical (unpaired) electrons. The van der Waals surface area contributed by atoms with Crippen molar-refractivity contribution in [1.82, 2.24) is 10.2 Å². The Morgan fingerprint density at radius 1 is 1.58 bits per heavy atom. The Bertz CT molecular complexity index is 228. The van der Waals surface area contributed by atoms with Crippen LogP contribution in [0, 0.1) is 5.92 Å². The Hall–Kier alpha value is -0.790. The number of H-pyrrole nitrogens is 1. The highest BCUT2D eigenvalue weighted by Gasteiger charge is 2.25. The second-order valence-electron chi connectivity index (χ2n) is 3.80. The number of hydrogen-bond acceptors (Lipinski definition) is 1. The van der Waals surface area contributed by atoms with E-state index < -0.39 is 0 Å². The molecule has 0 aromatic carbocycles. The number of aromatic amines is 1. The van der Waals surface area contributed by atoms with Crippen LogP contribution in [0.15, 0.2) is 12.3 Å². The molecule has 0 amide bonds. The summed E-state index contributed by atoms with van der Waals surface area (Å²) in [6, 6.07) is 2.11. The van der Waals surface area contributed by atoms with Crippen LogP contribution in [0.2, 0.25) is 0 Å². The number of hydrogen-bond donors (Lipinski definition) is 1. The first-order chi connectivity index (χ1) is 5.90. The fraction of sp³-hybridized carbons (Fsp3) is 0.700. The normalized spacial score (nSPS) is 29.4. The van der Waals surface area contributed by atoms with Gasteiger partial charge in [0.2, 0.25) is 0 Å². The minimum atomic E-state index is 0.762. The van der Waals surface area contributed by atoms with Crippen molar-refractivity contribution in [3.63, 3.8) is 0 Å². The number of rotatable bonds is 2. The maximum Gasteiger partial charge on any atom is 0.0490 e. The van der Waals surface area contributed by atoms with Crippen molar-refractivity contribution < 1.29 is 0 Å². The Morgan fingerprint density at radius 2 is 2.50 bits per heavy atom. The van der Waals surface area contributed by atoms with Gasteiger partial charge in [-0.2, -0.15) is 5.10 Å². The fourth-order valence-corrected chi connectivity index (χ4v) is 2.22. The summed E-state index contributed by atoms with van der Waals surface area (Å²) in [5.41, 5.74) is 1.34. The van der Waals surface area contributed by atoms with Crippen molar-refractivity contribution in [2.45, 2.75) is 38.5 Å². The number of nitrogens with zero attached hydrogens (tertiary/aromatic N) is 1. The van der Waals surface area contributed by atoms with Crippen LogP contribution in [0.3, 0.4) is 0 Å². The van der Waals surface area contributed by atoms with E-state index in [9.17, 15) is 0 Å². The molecule has 1 aliphatic carbocycles. The van der Waals surface area contributed by atoms with Crippen molar-refractivity contribution in [3.05, 3.63) is 18.0 Å². The lowest BCUT2D eigenvalue weighted by molar-refractivity contribution is 0.519. The standard InChI is InChI=1S/C10H16N2/c1-2-8-3-4-9(7-8)10-5-6-11-12-10/h5-6,8-9H,2-4,7H2,1H3,(H,11,12). The molecule has 1 fully saturated rings. The maximum atomic E-state index is 3.99. The lowest BCUT2D eigenvalue weighted by atomic mass is 10.0. The Kier molecular flexibility index (Phi) is 2.15. The predicted molar refractivity (Wildman–Crippen MR) is 49.0 cm³/mol. The molecule has 66 valence electrons. The smallest absolute Gasteiger partial charge is 0.0490 e. The van der Waals surface area contributed by atoms with Crippen LogP contribution in [0.4, 0.5) is 0 Å². The van der Waals surface area contributed by atoms with E-state index in [4.69, 9.17) is 0 Å². The van der Waals surface area contributed by atoms with Gasteiger partial charge in [0.05, 0.1) is 0 Å². The molecule has 1 heterocycles. The van der Waals surface area contributed by atoms with Gasteiger partial charge in [0.25, 0.3) is 0 Å². The van der Waals surface area contributed by atoms with Gasteiger partial charge in [-0.05, 0) is 31.2 Å². The average Bonchev–Trinajstić information content (AvgIpc) is 2.75. The SMILES string of the molecule is CCC1CCC(c2ccn[nH]2)C1. The van der Waals surface area contributed by atoms with Crippen molar-refractivity contribution in [2.24, 2.45) is 5.92 Å². The van der Waals surface area contributed by atoms with Gasteiger partial charge >= 0.3 is 0 Å². The van der Waals surface area contributed by atoms with Crippen LogP contribution in [0.1, 0.15) is 44.2 Å². The lowest BCUT2D eigenvalue weighted by Gasteiger charge is -2.06. The molecule has 0 spiro atoms. The molecule has 2 atom stereocenters. The van der Waals surface area contributed by atoms with Gasteiger partial charge in [0.15, 0.2) is 0 Å². The molecule has 1 aromatic rings. The van der Waals surface area contributed by atoms with E-state index >= 15 is 0 Å². The van der Waals surface area contributed by atoms with Crippen LogP contribution in [-0.2, 0) is 0 Å². The largest absolute Gasteiger partial charge is 0.282 e. The third-order valence-electron chi connectivity index (χ3n) is 3.08. The minimum absolute atomic E-state index is 0.762. The highest BCUT2D eigenvalue weighted by Crippen LogP contribution is 2.38. The quantitative estimate of drug-likeness (QED) is 0.715. The van der Waals surface area contributed by atoms with Crippen LogP contribution < -0.4 is 0 Å². The highest BCUT2D eigenvalue weighted by atomic mass is 15.1. The summed E-state index contributed by atoms with van der Waals surface area (Å²) in [4.78, 5) is 0. The van der Waals surface area contributed by atoms with Crippen molar-refractivity contribution in [2.75, 3.05) is 0 Å². The van der Waals surface area contributed by atoms with Crippen LogP contribution >= 0.6 is 0 Å². The summed E-state index contributed by atoms with van der Waals surface area (Å²) >= 11 is 0. The third-order valence-corrected chi connectivity index (χ3v) is 3.08. The second-order valence-corrected chi connectivity index (χ2v) is 3.80. The van der Waals surface area contributed by atoms with E-state index in [1.54, 1.807) is 0 Å². The second kappa shape index (κ2) is 3.30. The molecular formula is C10H16N2. The molecule has 2 unspecified atom stereocenters. The fourth-order valence-electron chi connectivity index (χ4n) is 2.22. The third kappa shape index (κ3) is 1.38. The van der Waals surface area contributed by atoms with Gasteiger partial charge in [-0.1, -0.05) is 13.3 Å². The zero-order chi connectivity index (χ0) is 8.39. The van der Waals surface area contributed by atoms with E-state index in [1.807, 2.05) is 6.20 Å². The van der Waals surface area contributed by atoms with E-state index in [0.717, 1.165) is 11.8 Å². The molecule has 1 saturated carbocycles. The summed E-state index contributed by atoms with van der Waals surface area (Å²) in [6.07, 6.45) is 7.30. The molecule has 2 heteroatoms. The summed E-state index contributed by atoms with van der Waals surface area (Å²) < 4.78 is 0. The molecule has 1 N–H and O–H groups in total. The number of nitrogens with one attached hydrogen (secondary N) is 1. The van der Waals surface area contributed by atoms with Crippen molar-refractivity contribution >= 4 is 0 Å². The summed E-state index contributed by atoms with van der Waals surface area (Å²) in [6.45, 7) is 2.29. The molecule has 0 aliphatic heterocycles. The van der Waals surface area contributed by atoms with E-state index in [2.05, 4.69) is 23.2 Å². The minimum Gasteiger partial charge on any atom is -0.282 e. The molecular weight excluding hydrogens is 148 g/mol. The first kappa shape index (κ1) is 7.84. The average molecular weight is 164 g/mol. The van der Waals surface area contributed by atoms with E-state index in [-0.39, 0.29) is 0 Å². The molecule has 2 rings (SSSR count). The van der Waals surface area contributed by atoms with Crippen LogP contribution in [0.5, 0.6) is 0 Å². The Labute approximate surface area is 73.4 Å². The van der Waals surface area contributed by atoms with Gasteiger partial charge < -0.3 is 0 Å². The van der Waals surface area contributed by atoms with E-state index in [0.29, 0.717) is 0 Å². The molecule has 0 saturated heterocycles. The zero-order valence-electron chi connectivity index (χ0n) is 7.59. The summed E-state index contributed by atoms with van der Waals surface area (Å²) in [7, 11) is 0. The van der Waals surface area contributed by atoms with Gasteiger partial charge in [0, 0.05) is 17.8 Å².